The maximum Gasteiger partial charge on any atom is 0.308 e. The summed E-state index contributed by atoms with van der Waals surface area (Å²) in [5.74, 6) is -1.67. The number of carboxylic acid groups (broad SMARTS) is 1. The molecular weight excluding hydrogens is 209 g/mol. The fraction of sp³-hybridized carbons (Fsp3) is 0.417. The number of carboxylic acids is 1. The van der Waals surface area contributed by atoms with Gasteiger partial charge in [-0.1, -0.05) is 19.1 Å². The molecule has 2 atom stereocenters. The molecule has 0 spiro atoms. The molecule has 0 saturated carbocycles. The normalized spacial score (nSPS) is 29.2. The van der Waals surface area contributed by atoms with Crippen LogP contribution in [0, 0.1) is 11.7 Å². The molecule has 0 aliphatic carbocycles. The molecule has 1 fully saturated rings. The molecule has 2 N–H and O–H groups in total. The standard InChI is InChI=1S/C12H14FNO2/c1-12(7-14-6-10(12)11(15)16)8-3-2-4-9(13)5-8/h2-5,10,14H,6-7H2,1H3,(H,15,16). The molecule has 0 aromatic heterocycles. The third-order valence-electron chi connectivity index (χ3n) is 3.39. The Bertz CT molecular complexity index is 421. The zero-order chi connectivity index (χ0) is 11.8. The lowest BCUT2D eigenvalue weighted by molar-refractivity contribution is -0.142. The number of carbonyl (C=O) groups is 1. The van der Waals surface area contributed by atoms with Crippen molar-refractivity contribution in [2.45, 2.75) is 12.3 Å². The van der Waals surface area contributed by atoms with Crippen molar-refractivity contribution in [1.82, 2.24) is 5.32 Å². The molecule has 2 unspecified atom stereocenters. The first kappa shape index (κ1) is 11.1. The molecule has 16 heavy (non-hydrogen) atoms. The van der Waals surface area contributed by atoms with E-state index in [0.29, 0.717) is 13.1 Å². The van der Waals surface area contributed by atoms with Gasteiger partial charge in [0.2, 0.25) is 0 Å². The molecular formula is C12H14FNO2. The summed E-state index contributed by atoms with van der Waals surface area (Å²) >= 11 is 0. The fourth-order valence-electron chi connectivity index (χ4n) is 2.33. The van der Waals surface area contributed by atoms with Crippen LogP contribution < -0.4 is 5.32 Å². The monoisotopic (exact) mass is 223 g/mol. The van der Waals surface area contributed by atoms with Gasteiger partial charge in [0.25, 0.3) is 0 Å². The van der Waals surface area contributed by atoms with Gasteiger partial charge in [0.05, 0.1) is 5.92 Å². The molecule has 0 bridgehead atoms. The predicted molar refractivity (Wildman–Crippen MR) is 57.7 cm³/mol. The van der Waals surface area contributed by atoms with Crippen LogP contribution in [0.25, 0.3) is 0 Å². The molecule has 1 aromatic rings. The number of halogens is 1. The molecule has 2 rings (SSSR count). The lowest BCUT2D eigenvalue weighted by Gasteiger charge is -2.28. The number of hydrogen-bond donors (Lipinski definition) is 2. The lowest BCUT2D eigenvalue weighted by atomic mass is 9.74. The first-order valence-electron chi connectivity index (χ1n) is 5.23. The van der Waals surface area contributed by atoms with Crippen molar-refractivity contribution >= 4 is 5.97 Å². The van der Waals surface area contributed by atoms with E-state index < -0.39 is 17.3 Å². The van der Waals surface area contributed by atoms with Gasteiger partial charge in [-0.25, -0.2) is 4.39 Å². The summed E-state index contributed by atoms with van der Waals surface area (Å²) in [6, 6.07) is 6.19. The minimum Gasteiger partial charge on any atom is -0.481 e. The zero-order valence-electron chi connectivity index (χ0n) is 9.03. The zero-order valence-corrected chi connectivity index (χ0v) is 9.03. The van der Waals surface area contributed by atoms with Crippen molar-refractivity contribution in [2.24, 2.45) is 5.92 Å². The Morgan fingerprint density at radius 3 is 3.00 bits per heavy atom. The number of aliphatic carboxylic acids is 1. The first-order valence-corrected chi connectivity index (χ1v) is 5.23. The summed E-state index contributed by atoms with van der Waals surface area (Å²) < 4.78 is 13.2. The largest absolute Gasteiger partial charge is 0.481 e. The van der Waals surface area contributed by atoms with Crippen molar-refractivity contribution in [3.63, 3.8) is 0 Å². The Hall–Kier alpha value is -1.42. The van der Waals surface area contributed by atoms with Gasteiger partial charge in [0.1, 0.15) is 5.82 Å². The third-order valence-corrected chi connectivity index (χ3v) is 3.39. The molecule has 4 heteroatoms. The van der Waals surface area contributed by atoms with Crippen LogP contribution in [0.4, 0.5) is 4.39 Å². The van der Waals surface area contributed by atoms with Crippen LogP contribution in [0.1, 0.15) is 12.5 Å². The van der Waals surface area contributed by atoms with E-state index in [0.717, 1.165) is 5.56 Å². The Balaban J connectivity index is 2.41. The summed E-state index contributed by atoms with van der Waals surface area (Å²) in [5, 5.41) is 12.2. The van der Waals surface area contributed by atoms with E-state index in [9.17, 15) is 9.18 Å². The second kappa shape index (κ2) is 3.87. The van der Waals surface area contributed by atoms with E-state index in [1.165, 1.54) is 12.1 Å². The fourth-order valence-corrected chi connectivity index (χ4v) is 2.33. The van der Waals surface area contributed by atoms with E-state index >= 15 is 0 Å². The van der Waals surface area contributed by atoms with Gasteiger partial charge >= 0.3 is 5.97 Å². The first-order chi connectivity index (χ1) is 7.54. The van der Waals surface area contributed by atoms with Crippen LogP contribution in [0.3, 0.4) is 0 Å². The Morgan fingerprint density at radius 2 is 2.38 bits per heavy atom. The van der Waals surface area contributed by atoms with Gasteiger partial charge in [0, 0.05) is 18.5 Å². The summed E-state index contributed by atoms with van der Waals surface area (Å²) in [7, 11) is 0. The second-order valence-corrected chi connectivity index (χ2v) is 4.45. The van der Waals surface area contributed by atoms with Crippen LogP contribution in [-0.4, -0.2) is 24.2 Å². The number of hydrogen-bond acceptors (Lipinski definition) is 2. The molecule has 0 amide bonds. The smallest absolute Gasteiger partial charge is 0.308 e. The van der Waals surface area contributed by atoms with Crippen LogP contribution >= 0.6 is 0 Å². The van der Waals surface area contributed by atoms with E-state index in [1.54, 1.807) is 12.1 Å². The highest BCUT2D eigenvalue weighted by molar-refractivity contribution is 5.73. The molecule has 0 radical (unpaired) electrons. The molecule has 1 heterocycles. The number of rotatable bonds is 2. The van der Waals surface area contributed by atoms with Gasteiger partial charge in [-0.15, -0.1) is 0 Å². The average Bonchev–Trinajstić information content (AvgIpc) is 2.62. The Morgan fingerprint density at radius 1 is 1.62 bits per heavy atom. The van der Waals surface area contributed by atoms with E-state index in [4.69, 9.17) is 5.11 Å². The molecule has 1 aliphatic rings. The van der Waals surface area contributed by atoms with Gasteiger partial charge < -0.3 is 10.4 Å². The van der Waals surface area contributed by atoms with Crippen molar-refractivity contribution in [2.75, 3.05) is 13.1 Å². The minimum atomic E-state index is -0.836. The van der Waals surface area contributed by atoms with Crippen LogP contribution in [-0.2, 0) is 10.2 Å². The van der Waals surface area contributed by atoms with Gasteiger partial charge in [0.15, 0.2) is 0 Å². The van der Waals surface area contributed by atoms with Crippen LogP contribution in [0.5, 0.6) is 0 Å². The molecule has 3 nitrogen and oxygen atoms in total. The Kier molecular flexibility index (Phi) is 2.68. The van der Waals surface area contributed by atoms with E-state index in [-0.39, 0.29) is 5.82 Å². The SMILES string of the molecule is CC1(c2cccc(F)c2)CNCC1C(=O)O. The number of benzene rings is 1. The molecule has 86 valence electrons. The highest BCUT2D eigenvalue weighted by atomic mass is 19.1. The Labute approximate surface area is 93.3 Å². The summed E-state index contributed by atoms with van der Waals surface area (Å²) in [4.78, 5) is 11.1. The average molecular weight is 223 g/mol. The van der Waals surface area contributed by atoms with Crippen molar-refractivity contribution < 1.29 is 14.3 Å². The van der Waals surface area contributed by atoms with Gasteiger partial charge in [-0.2, -0.15) is 0 Å². The second-order valence-electron chi connectivity index (χ2n) is 4.45. The van der Waals surface area contributed by atoms with Crippen LogP contribution in [0.2, 0.25) is 0 Å². The van der Waals surface area contributed by atoms with Crippen molar-refractivity contribution in [3.05, 3.63) is 35.6 Å². The van der Waals surface area contributed by atoms with Crippen molar-refractivity contribution in [1.29, 1.82) is 0 Å². The topological polar surface area (TPSA) is 49.3 Å². The van der Waals surface area contributed by atoms with Gasteiger partial charge in [-0.05, 0) is 17.7 Å². The summed E-state index contributed by atoms with van der Waals surface area (Å²) in [6.45, 7) is 2.86. The number of nitrogens with one attached hydrogen (secondary N) is 1. The minimum absolute atomic E-state index is 0.324. The third kappa shape index (κ3) is 1.69. The van der Waals surface area contributed by atoms with Crippen molar-refractivity contribution in [3.8, 4) is 0 Å². The van der Waals surface area contributed by atoms with E-state index in [2.05, 4.69) is 5.32 Å². The summed E-state index contributed by atoms with van der Waals surface area (Å²) in [5.41, 5.74) is 0.207. The van der Waals surface area contributed by atoms with E-state index in [1.807, 2.05) is 6.92 Å². The predicted octanol–water partition coefficient (Wildman–Crippen LogP) is 1.39. The maximum absolute atomic E-state index is 13.2. The van der Waals surface area contributed by atoms with Crippen LogP contribution in [0.15, 0.2) is 24.3 Å². The van der Waals surface area contributed by atoms with Gasteiger partial charge in [-0.3, -0.25) is 4.79 Å². The maximum atomic E-state index is 13.2. The lowest BCUT2D eigenvalue weighted by Crippen LogP contribution is -2.36. The molecule has 1 aromatic carbocycles. The quantitative estimate of drug-likeness (QED) is 0.796. The molecule has 1 aliphatic heterocycles. The summed E-state index contributed by atoms with van der Waals surface area (Å²) in [6.07, 6.45) is 0. The highest BCUT2D eigenvalue weighted by Gasteiger charge is 2.44. The molecule has 1 saturated heterocycles. The highest BCUT2D eigenvalue weighted by Crippen LogP contribution is 2.35.